The Balaban J connectivity index is 2.55. The summed E-state index contributed by atoms with van der Waals surface area (Å²) in [6.07, 6.45) is 2.67. The first kappa shape index (κ1) is 12.1. The van der Waals surface area contributed by atoms with Crippen molar-refractivity contribution >= 4 is 17.7 Å². The van der Waals surface area contributed by atoms with Crippen molar-refractivity contribution in [2.45, 2.75) is 12.8 Å². The number of isocyanates is 1. The Bertz CT molecular complexity index is 404. The van der Waals surface area contributed by atoms with E-state index in [1.54, 1.807) is 31.1 Å². The van der Waals surface area contributed by atoms with Crippen LogP contribution < -0.4 is 0 Å². The summed E-state index contributed by atoms with van der Waals surface area (Å²) in [5, 5.41) is 0. The molecule has 0 fully saturated rings. The van der Waals surface area contributed by atoms with E-state index in [-0.39, 0.29) is 5.91 Å². The molecular weight excluding hydrogens is 204 g/mol. The average molecular weight is 218 g/mol. The van der Waals surface area contributed by atoms with E-state index in [4.69, 9.17) is 0 Å². The van der Waals surface area contributed by atoms with Crippen molar-refractivity contribution in [1.82, 2.24) is 4.90 Å². The van der Waals surface area contributed by atoms with E-state index in [0.29, 0.717) is 18.5 Å². The van der Waals surface area contributed by atoms with Gasteiger partial charge in [-0.25, -0.2) is 4.79 Å². The molecule has 0 unspecified atom stereocenters. The standard InChI is InChI=1S/C12H14N2O2/c1-14(2)12(16)8-5-10-3-6-11(7-4-10)13-9-15/h3-4,6-7H,5,8H2,1-2H3. The number of rotatable bonds is 4. The molecule has 0 aliphatic carbocycles. The van der Waals surface area contributed by atoms with Crippen molar-refractivity contribution in [3.05, 3.63) is 29.8 Å². The van der Waals surface area contributed by atoms with Crippen LogP contribution in [0.1, 0.15) is 12.0 Å². The second-order valence-electron chi connectivity index (χ2n) is 3.66. The van der Waals surface area contributed by atoms with Crippen molar-refractivity contribution in [1.29, 1.82) is 0 Å². The zero-order valence-corrected chi connectivity index (χ0v) is 9.43. The van der Waals surface area contributed by atoms with Crippen LogP contribution in [0, 0.1) is 0 Å². The highest BCUT2D eigenvalue weighted by Gasteiger charge is 2.03. The summed E-state index contributed by atoms with van der Waals surface area (Å²) in [6, 6.07) is 7.19. The fourth-order valence-electron chi connectivity index (χ4n) is 1.26. The van der Waals surface area contributed by atoms with Gasteiger partial charge in [0.2, 0.25) is 12.0 Å². The molecule has 1 rings (SSSR count). The lowest BCUT2D eigenvalue weighted by molar-refractivity contribution is -0.128. The third-order valence-corrected chi connectivity index (χ3v) is 2.24. The Hall–Kier alpha value is -1.93. The molecule has 0 aliphatic rings. The number of benzene rings is 1. The number of aliphatic imine (C=N–C) groups is 1. The maximum absolute atomic E-state index is 11.3. The van der Waals surface area contributed by atoms with Gasteiger partial charge in [-0.05, 0) is 24.1 Å². The third kappa shape index (κ3) is 3.67. The lowest BCUT2D eigenvalue weighted by atomic mass is 10.1. The average Bonchev–Trinajstić information content (AvgIpc) is 2.28. The normalized spacial score (nSPS) is 9.38. The molecule has 0 radical (unpaired) electrons. The highest BCUT2D eigenvalue weighted by Crippen LogP contribution is 2.13. The molecule has 0 N–H and O–H groups in total. The van der Waals surface area contributed by atoms with E-state index < -0.39 is 0 Å². The van der Waals surface area contributed by atoms with Crippen LogP contribution >= 0.6 is 0 Å². The van der Waals surface area contributed by atoms with E-state index in [1.807, 2.05) is 12.1 Å². The van der Waals surface area contributed by atoms with Gasteiger partial charge in [0.15, 0.2) is 0 Å². The topological polar surface area (TPSA) is 49.7 Å². The number of hydrogen-bond donors (Lipinski definition) is 0. The first-order valence-electron chi connectivity index (χ1n) is 5.00. The highest BCUT2D eigenvalue weighted by atomic mass is 16.2. The van der Waals surface area contributed by atoms with Crippen molar-refractivity contribution < 1.29 is 9.59 Å². The molecule has 0 heterocycles. The summed E-state index contributed by atoms with van der Waals surface area (Å²) in [5.41, 5.74) is 1.64. The minimum absolute atomic E-state index is 0.106. The zero-order valence-electron chi connectivity index (χ0n) is 9.43. The summed E-state index contributed by atoms with van der Waals surface area (Å²) in [4.78, 5) is 26.4. The van der Waals surface area contributed by atoms with Crippen LogP contribution in [0.3, 0.4) is 0 Å². The van der Waals surface area contributed by atoms with Crippen molar-refractivity contribution in [2.75, 3.05) is 14.1 Å². The SMILES string of the molecule is CN(C)C(=O)CCc1ccc(N=C=O)cc1. The first-order valence-corrected chi connectivity index (χ1v) is 5.00. The molecule has 84 valence electrons. The Labute approximate surface area is 94.6 Å². The molecule has 0 spiro atoms. The van der Waals surface area contributed by atoms with Gasteiger partial charge in [0, 0.05) is 20.5 Å². The van der Waals surface area contributed by atoms with Crippen LogP contribution in [0.15, 0.2) is 29.3 Å². The van der Waals surface area contributed by atoms with Crippen molar-refractivity contribution in [3.63, 3.8) is 0 Å². The van der Waals surface area contributed by atoms with Crippen LogP contribution in [-0.2, 0) is 16.0 Å². The van der Waals surface area contributed by atoms with Gasteiger partial charge in [0.05, 0.1) is 5.69 Å². The van der Waals surface area contributed by atoms with E-state index in [2.05, 4.69) is 4.99 Å². The Morgan fingerprint density at radius 3 is 2.44 bits per heavy atom. The maximum Gasteiger partial charge on any atom is 0.240 e. The van der Waals surface area contributed by atoms with Crippen LogP contribution in [0.5, 0.6) is 0 Å². The fraction of sp³-hybridized carbons (Fsp3) is 0.333. The second kappa shape index (κ2) is 5.83. The molecule has 0 saturated heterocycles. The van der Waals surface area contributed by atoms with E-state index in [9.17, 15) is 9.59 Å². The Morgan fingerprint density at radius 1 is 1.31 bits per heavy atom. The Kier molecular flexibility index (Phi) is 4.42. The maximum atomic E-state index is 11.3. The van der Waals surface area contributed by atoms with Crippen LogP contribution in [0.2, 0.25) is 0 Å². The van der Waals surface area contributed by atoms with Gasteiger partial charge in [-0.2, -0.15) is 4.99 Å². The number of aryl methyl sites for hydroxylation is 1. The van der Waals surface area contributed by atoms with Crippen LogP contribution in [-0.4, -0.2) is 31.0 Å². The number of nitrogens with zero attached hydrogens (tertiary/aromatic N) is 2. The number of carbonyl (C=O) groups is 1. The van der Waals surface area contributed by atoms with Crippen molar-refractivity contribution in [2.24, 2.45) is 4.99 Å². The van der Waals surface area contributed by atoms with Gasteiger partial charge in [0.25, 0.3) is 0 Å². The summed E-state index contributed by atoms with van der Waals surface area (Å²) in [5.74, 6) is 0.106. The molecule has 4 heteroatoms. The van der Waals surface area contributed by atoms with E-state index >= 15 is 0 Å². The minimum atomic E-state index is 0.106. The van der Waals surface area contributed by atoms with Gasteiger partial charge < -0.3 is 4.90 Å². The number of amides is 1. The largest absolute Gasteiger partial charge is 0.349 e. The summed E-state index contributed by atoms with van der Waals surface area (Å²) in [6.45, 7) is 0. The molecule has 1 amide bonds. The Morgan fingerprint density at radius 2 is 1.94 bits per heavy atom. The van der Waals surface area contributed by atoms with E-state index in [1.165, 1.54) is 6.08 Å². The lowest BCUT2D eigenvalue weighted by Crippen LogP contribution is -2.21. The molecule has 0 bridgehead atoms. The molecule has 0 saturated carbocycles. The van der Waals surface area contributed by atoms with Gasteiger partial charge in [0.1, 0.15) is 0 Å². The molecule has 1 aromatic carbocycles. The van der Waals surface area contributed by atoms with Gasteiger partial charge >= 0.3 is 0 Å². The minimum Gasteiger partial charge on any atom is -0.349 e. The monoisotopic (exact) mass is 218 g/mol. The lowest BCUT2D eigenvalue weighted by Gasteiger charge is -2.09. The quantitative estimate of drug-likeness (QED) is 0.570. The zero-order chi connectivity index (χ0) is 12.0. The molecular formula is C12H14N2O2. The van der Waals surface area contributed by atoms with Gasteiger partial charge in [-0.1, -0.05) is 12.1 Å². The second-order valence-corrected chi connectivity index (χ2v) is 3.66. The molecule has 0 aliphatic heterocycles. The predicted octanol–water partition coefficient (Wildman–Crippen LogP) is 1.67. The highest BCUT2D eigenvalue weighted by molar-refractivity contribution is 5.75. The summed E-state index contributed by atoms with van der Waals surface area (Å²) < 4.78 is 0. The third-order valence-electron chi connectivity index (χ3n) is 2.24. The molecule has 0 aromatic heterocycles. The first-order chi connectivity index (χ1) is 7.63. The number of carbonyl (C=O) groups excluding carboxylic acids is 2. The van der Waals surface area contributed by atoms with E-state index in [0.717, 1.165) is 5.56 Å². The summed E-state index contributed by atoms with van der Waals surface area (Å²) >= 11 is 0. The predicted molar refractivity (Wildman–Crippen MR) is 61.2 cm³/mol. The summed E-state index contributed by atoms with van der Waals surface area (Å²) in [7, 11) is 3.48. The molecule has 16 heavy (non-hydrogen) atoms. The van der Waals surface area contributed by atoms with Crippen LogP contribution in [0.4, 0.5) is 5.69 Å². The number of hydrogen-bond acceptors (Lipinski definition) is 3. The smallest absolute Gasteiger partial charge is 0.240 e. The van der Waals surface area contributed by atoms with Crippen LogP contribution in [0.25, 0.3) is 0 Å². The molecule has 0 atom stereocenters. The van der Waals surface area contributed by atoms with Crippen molar-refractivity contribution in [3.8, 4) is 0 Å². The van der Waals surface area contributed by atoms with Gasteiger partial charge in [-0.15, -0.1) is 0 Å². The fourth-order valence-corrected chi connectivity index (χ4v) is 1.26. The van der Waals surface area contributed by atoms with Gasteiger partial charge in [-0.3, -0.25) is 4.79 Å². The molecule has 1 aromatic rings. The molecule has 4 nitrogen and oxygen atoms in total.